The van der Waals surface area contributed by atoms with Gasteiger partial charge in [-0.3, -0.25) is 0 Å². The van der Waals surface area contributed by atoms with Crippen molar-refractivity contribution in [2.24, 2.45) is 0 Å². The van der Waals surface area contributed by atoms with Gasteiger partial charge in [0.25, 0.3) is 0 Å². The van der Waals surface area contributed by atoms with E-state index in [4.69, 9.17) is 4.74 Å². The Kier molecular flexibility index (Phi) is 4.23. The first-order chi connectivity index (χ1) is 11.2. The molecule has 6 heteroatoms. The molecule has 0 bridgehead atoms. The maximum atomic E-state index is 5.24. The summed E-state index contributed by atoms with van der Waals surface area (Å²) in [5.41, 5.74) is 4.01. The predicted octanol–water partition coefficient (Wildman–Crippen LogP) is 2.90. The monoisotopic (exact) mass is 309 g/mol. The molecule has 23 heavy (non-hydrogen) atoms. The van der Waals surface area contributed by atoms with Crippen molar-refractivity contribution in [2.45, 2.75) is 20.4 Å². The maximum absolute atomic E-state index is 5.24. The highest BCUT2D eigenvalue weighted by Gasteiger charge is 2.06. The van der Waals surface area contributed by atoms with Crippen LogP contribution in [0.25, 0.3) is 5.69 Å². The molecule has 3 rings (SSSR count). The van der Waals surface area contributed by atoms with E-state index in [2.05, 4.69) is 20.4 Å². The van der Waals surface area contributed by atoms with Crippen LogP contribution in [0.3, 0.4) is 0 Å². The van der Waals surface area contributed by atoms with Crippen molar-refractivity contribution in [1.82, 2.24) is 19.7 Å². The van der Waals surface area contributed by atoms with Gasteiger partial charge in [0.15, 0.2) is 0 Å². The highest BCUT2D eigenvalue weighted by atomic mass is 16.5. The summed E-state index contributed by atoms with van der Waals surface area (Å²) < 4.78 is 7.13. The molecule has 3 heterocycles. The van der Waals surface area contributed by atoms with Crippen LogP contribution in [-0.4, -0.2) is 26.9 Å². The third kappa shape index (κ3) is 3.31. The fourth-order valence-electron chi connectivity index (χ4n) is 2.43. The van der Waals surface area contributed by atoms with Crippen LogP contribution in [0.1, 0.15) is 17.0 Å². The summed E-state index contributed by atoms with van der Waals surface area (Å²) in [6.45, 7) is 4.61. The zero-order valence-corrected chi connectivity index (χ0v) is 13.4. The zero-order valence-electron chi connectivity index (χ0n) is 13.4. The van der Waals surface area contributed by atoms with E-state index < -0.39 is 0 Å². The third-order valence-corrected chi connectivity index (χ3v) is 3.51. The maximum Gasteiger partial charge on any atom is 0.218 e. The molecule has 3 aromatic rings. The lowest BCUT2D eigenvalue weighted by Crippen LogP contribution is -2.05. The number of aromatic nitrogens is 4. The molecule has 0 atom stereocenters. The number of rotatable bonds is 5. The number of nitrogens with zero attached hydrogens (tertiary/aromatic N) is 4. The van der Waals surface area contributed by atoms with E-state index in [0.29, 0.717) is 12.4 Å². The fourth-order valence-corrected chi connectivity index (χ4v) is 2.43. The molecule has 0 saturated carbocycles. The standard InChI is InChI=1S/C17H19N5O/c1-12-9-13(2)22(21-12)15-6-7-16(20-11-15)19-10-14-5-4-8-18-17(14)23-3/h4-9,11H,10H2,1-3H3,(H,19,20). The van der Waals surface area contributed by atoms with Gasteiger partial charge < -0.3 is 10.1 Å². The molecule has 0 saturated heterocycles. The van der Waals surface area contributed by atoms with Gasteiger partial charge in [-0.25, -0.2) is 14.6 Å². The number of nitrogens with one attached hydrogen (secondary N) is 1. The van der Waals surface area contributed by atoms with Crippen molar-refractivity contribution in [2.75, 3.05) is 12.4 Å². The van der Waals surface area contributed by atoms with Crippen LogP contribution in [0.15, 0.2) is 42.7 Å². The lowest BCUT2D eigenvalue weighted by molar-refractivity contribution is 0.393. The van der Waals surface area contributed by atoms with Crippen molar-refractivity contribution in [1.29, 1.82) is 0 Å². The normalized spacial score (nSPS) is 10.6. The topological polar surface area (TPSA) is 64.9 Å². The Morgan fingerprint density at radius 3 is 2.70 bits per heavy atom. The molecule has 0 unspecified atom stereocenters. The largest absolute Gasteiger partial charge is 0.481 e. The highest BCUT2D eigenvalue weighted by molar-refractivity contribution is 5.42. The summed E-state index contributed by atoms with van der Waals surface area (Å²) in [5, 5.41) is 7.73. The second-order valence-corrected chi connectivity index (χ2v) is 5.27. The lowest BCUT2D eigenvalue weighted by atomic mass is 10.2. The van der Waals surface area contributed by atoms with Gasteiger partial charge in [-0.1, -0.05) is 6.07 Å². The molecule has 1 N–H and O–H groups in total. The van der Waals surface area contributed by atoms with E-state index in [1.54, 1.807) is 13.3 Å². The summed E-state index contributed by atoms with van der Waals surface area (Å²) in [7, 11) is 1.62. The van der Waals surface area contributed by atoms with Crippen molar-refractivity contribution >= 4 is 5.82 Å². The molecular weight excluding hydrogens is 290 g/mol. The summed E-state index contributed by atoms with van der Waals surface area (Å²) in [4.78, 5) is 8.62. The molecule has 3 aromatic heterocycles. The zero-order chi connectivity index (χ0) is 16.2. The number of hydrogen-bond acceptors (Lipinski definition) is 5. The molecule has 0 aliphatic heterocycles. The predicted molar refractivity (Wildman–Crippen MR) is 88.9 cm³/mol. The van der Waals surface area contributed by atoms with Gasteiger partial charge in [0.1, 0.15) is 5.82 Å². The molecular formula is C17H19N5O. The van der Waals surface area contributed by atoms with Crippen LogP contribution in [0.4, 0.5) is 5.82 Å². The van der Waals surface area contributed by atoms with Gasteiger partial charge in [-0.2, -0.15) is 5.10 Å². The minimum Gasteiger partial charge on any atom is -0.481 e. The van der Waals surface area contributed by atoms with Crippen molar-refractivity contribution in [3.8, 4) is 11.6 Å². The van der Waals surface area contributed by atoms with Gasteiger partial charge in [0, 0.05) is 24.0 Å². The number of hydrogen-bond donors (Lipinski definition) is 1. The Hall–Kier alpha value is -2.89. The van der Waals surface area contributed by atoms with Crippen LogP contribution >= 0.6 is 0 Å². The molecule has 0 fully saturated rings. The molecule has 0 radical (unpaired) electrons. The van der Waals surface area contributed by atoms with Gasteiger partial charge in [-0.15, -0.1) is 0 Å². The summed E-state index contributed by atoms with van der Waals surface area (Å²) in [6.07, 6.45) is 3.52. The minimum absolute atomic E-state index is 0.600. The van der Waals surface area contributed by atoms with Crippen LogP contribution in [0, 0.1) is 13.8 Å². The van der Waals surface area contributed by atoms with E-state index >= 15 is 0 Å². The number of methoxy groups -OCH3 is 1. The van der Waals surface area contributed by atoms with Gasteiger partial charge in [0.2, 0.25) is 5.88 Å². The Balaban J connectivity index is 1.72. The van der Waals surface area contributed by atoms with E-state index in [0.717, 1.165) is 28.5 Å². The van der Waals surface area contributed by atoms with Crippen LogP contribution < -0.4 is 10.1 Å². The minimum atomic E-state index is 0.600. The fraction of sp³-hybridized carbons (Fsp3) is 0.235. The number of pyridine rings is 2. The second kappa shape index (κ2) is 6.48. The molecule has 0 spiro atoms. The number of aryl methyl sites for hydroxylation is 2. The first kappa shape index (κ1) is 15.0. The Morgan fingerprint density at radius 1 is 1.17 bits per heavy atom. The average Bonchev–Trinajstić information content (AvgIpc) is 2.92. The smallest absolute Gasteiger partial charge is 0.218 e. The van der Waals surface area contributed by atoms with E-state index in [1.165, 1.54) is 0 Å². The molecule has 6 nitrogen and oxygen atoms in total. The van der Waals surface area contributed by atoms with Gasteiger partial charge in [0.05, 0.1) is 24.7 Å². The lowest BCUT2D eigenvalue weighted by Gasteiger charge is -2.10. The molecule has 118 valence electrons. The molecule has 0 aliphatic rings. The van der Waals surface area contributed by atoms with E-state index in [-0.39, 0.29) is 0 Å². The average molecular weight is 309 g/mol. The molecule has 0 aromatic carbocycles. The van der Waals surface area contributed by atoms with Crippen molar-refractivity contribution in [3.05, 3.63) is 59.7 Å². The summed E-state index contributed by atoms with van der Waals surface area (Å²) in [6, 6.07) is 9.84. The van der Waals surface area contributed by atoms with Crippen LogP contribution in [0.2, 0.25) is 0 Å². The van der Waals surface area contributed by atoms with Crippen molar-refractivity contribution in [3.63, 3.8) is 0 Å². The van der Waals surface area contributed by atoms with Crippen LogP contribution in [0.5, 0.6) is 5.88 Å². The van der Waals surface area contributed by atoms with Gasteiger partial charge in [-0.05, 0) is 38.1 Å². The molecule has 0 aliphatic carbocycles. The van der Waals surface area contributed by atoms with E-state index in [1.807, 2.05) is 55.1 Å². The van der Waals surface area contributed by atoms with Gasteiger partial charge >= 0.3 is 0 Å². The Labute approximate surface area is 135 Å². The quantitative estimate of drug-likeness (QED) is 0.785. The van der Waals surface area contributed by atoms with Crippen molar-refractivity contribution < 1.29 is 4.74 Å². The third-order valence-electron chi connectivity index (χ3n) is 3.51. The number of anilines is 1. The molecule has 0 amide bonds. The first-order valence-electron chi connectivity index (χ1n) is 7.39. The van der Waals surface area contributed by atoms with E-state index in [9.17, 15) is 0 Å². The summed E-state index contributed by atoms with van der Waals surface area (Å²) >= 11 is 0. The second-order valence-electron chi connectivity index (χ2n) is 5.27. The Bertz CT molecular complexity index is 795. The Morgan fingerprint density at radius 2 is 2.04 bits per heavy atom. The van der Waals surface area contributed by atoms with Crippen LogP contribution in [-0.2, 0) is 6.54 Å². The SMILES string of the molecule is COc1ncccc1CNc1ccc(-n2nc(C)cc2C)cn1. The first-order valence-corrected chi connectivity index (χ1v) is 7.39. The number of ether oxygens (including phenoxy) is 1. The summed E-state index contributed by atoms with van der Waals surface area (Å²) in [5.74, 6) is 1.42. The highest BCUT2D eigenvalue weighted by Crippen LogP contribution is 2.16.